The normalized spacial score (nSPS) is 19.0. The van der Waals surface area contributed by atoms with Crippen molar-refractivity contribution >= 4 is 29.0 Å². The van der Waals surface area contributed by atoms with Crippen molar-refractivity contribution < 1.29 is 4.79 Å². The molecule has 6 heteroatoms. The van der Waals surface area contributed by atoms with E-state index in [0.717, 1.165) is 24.2 Å². The Hall–Kier alpha value is -1.27. The molecule has 116 valence electrons. The molecule has 0 spiro atoms. The van der Waals surface area contributed by atoms with Gasteiger partial charge >= 0.3 is 0 Å². The van der Waals surface area contributed by atoms with Crippen molar-refractivity contribution in [3.05, 3.63) is 23.4 Å². The van der Waals surface area contributed by atoms with Crippen LogP contribution in [0.1, 0.15) is 48.0 Å². The number of carbonyl (C=O) groups is 1. The highest BCUT2D eigenvalue weighted by Gasteiger charge is 2.29. The van der Waals surface area contributed by atoms with E-state index in [0.29, 0.717) is 5.25 Å². The van der Waals surface area contributed by atoms with Crippen molar-refractivity contribution in [3.63, 3.8) is 0 Å². The fourth-order valence-corrected chi connectivity index (χ4v) is 6.42. The zero-order chi connectivity index (χ0) is 14.9. The van der Waals surface area contributed by atoms with Crippen molar-refractivity contribution in [2.24, 2.45) is 0 Å². The van der Waals surface area contributed by atoms with Crippen LogP contribution in [0.4, 0.5) is 0 Å². The number of carbonyl (C=O) groups excluding carboxylic acids is 1. The van der Waals surface area contributed by atoms with E-state index in [9.17, 15) is 4.79 Å². The van der Waals surface area contributed by atoms with Crippen LogP contribution in [0, 0.1) is 0 Å². The Labute approximate surface area is 138 Å². The van der Waals surface area contributed by atoms with Crippen LogP contribution in [0.3, 0.4) is 0 Å². The summed E-state index contributed by atoms with van der Waals surface area (Å²) in [6, 6.07) is 1.99. The first-order valence-electron chi connectivity index (χ1n) is 7.93. The van der Waals surface area contributed by atoms with Gasteiger partial charge in [-0.25, -0.2) is 0 Å². The molecule has 1 aliphatic heterocycles. The number of thiophene rings is 1. The summed E-state index contributed by atoms with van der Waals surface area (Å²) in [6.45, 7) is 0.730. The fraction of sp³-hybridized carbons (Fsp3) is 0.500. The van der Waals surface area contributed by atoms with Gasteiger partial charge in [-0.2, -0.15) is 5.10 Å². The predicted octanol–water partition coefficient (Wildman–Crippen LogP) is 3.85. The highest BCUT2D eigenvalue weighted by atomic mass is 32.2. The van der Waals surface area contributed by atoms with E-state index in [1.165, 1.54) is 46.8 Å². The average molecular weight is 333 g/mol. The molecule has 2 N–H and O–H groups in total. The van der Waals surface area contributed by atoms with Gasteiger partial charge in [-0.15, -0.1) is 23.1 Å². The summed E-state index contributed by atoms with van der Waals surface area (Å²) in [5, 5.41) is 10.9. The number of aromatic nitrogens is 2. The van der Waals surface area contributed by atoms with Crippen LogP contribution in [-0.4, -0.2) is 27.9 Å². The number of aromatic amines is 1. The van der Waals surface area contributed by atoms with Crippen molar-refractivity contribution in [1.82, 2.24) is 15.5 Å². The van der Waals surface area contributed by atoms with Crippen LogP contribution in [0.15, 0.2) is 16.5 Å². The van der Waals surface area contributed by atoms with Crippen LogP contribution in [-0.2, 0) is 6.42 Å². The number of hydrogen-bond donors (Lipinski definition) is 2. The smallest absolute Gasteiger partial charge is 0.253 e. The first-order valence-corrected chi connectivity index (χ1v) is 9.63. The Balaban J connectivity index is 1.72. The van der Waals surface area contributed by atoms with Gasteiger partial charge in [-0.05, 0) is 30.9 Å². The molecule has 0 bridgehead atoms. The SMILES string of the molecule is O=C1NCCc2c(-c3cc[nH]n3)sc(SC3CCCCC3)c21. The number of amides is 1. The molecule has 1 saturated carbocycles. The number of hydrogen-bond acceptors (Lipinski definition) is 4. The third-order valence-corrected chi connectivity index (χ3v) is 7.23. The van der Waals surface area contributed by atoms with Gasteiger partial charge in [-0.1, -0.05) is 19.3 Å². The molecule has 2 aliphatic rings. The number of nitrogens with one attached hydrogen (secondary N) is 2. The molecule has 3 heterocycles. The Morgan fingerprint density at radius 3 is 2.91 bits per heavy atom. The maximum atomic E-state index is 12.4. The lowest BCUT2D eigenvalue weighted by molar-refractivity contribution is 0.0944. The standard InChI is InChI=1S/C16H19N3OS2/c20-15-13-11(6-8-17-15)14(12-7-9-18-19-12)22-16(13)21-10-4-2-1-3-5-10/h7,9-10H,1-6,8H2,(H,17,20)(H,18,19). The van der Waals surface area contributed by atoms with Crippen LogP contribution >= 0.6 is 23.1 Å². The molecule has 0 aromatic carbocycles. The van der Waals surface area contributed by atoms with Crippen molar-refractivity contribution in [3.8, 4) is 10.6 Å². The minimum Gasteiger partial charge on any atom is -0.352 e. The second-order valence-electron chi connectivity index (χ2n) is 5.92. The van der Waals surface area contributed by atoms with Crippen LogP contribution in [0.25, 0.3) is 10.6 Å². The number of thioether (sulfide) groups is 1. The van der Waals surface area contributed by atoms with Gasteiger partial charge in [0.2, 0.25) is 0 Å². The molecule has 1 aliphatic carbocycles. The Bertz CT molecular complexity index is 672. The van der Waals surface area contributed by atoms with Crippen molar-refractivity contribution in [1.29, 1.82) is 0 Å². The van der Waals surface area contributed by atoms with E-state index < -0.39 is 0 Å². The van der Waals surface area contributed by atoms with Gasteiger partial charge in [0.15, 0.2) is 0 Å². The van der Waals surface area contributed by atoms with E-state index >= 15 is 0 Å². The van der Waals surface area contributed by atoms with Crippen LogP contribution in [0.5, 0.6) is 0 Å². The molecule has 1 fully saturated rings. The summed E-state index contributed by atoms with van der Waals surface area (Å²) in [5.74, 6) is 0.0950. The zero-order valence-corrected chi connectivity index (χ0v) is 14.0. The summed E-state index contributed by atoms with van der Waals surface area (Å²) >= 11 is 3.67. The molecule has 0 unspecified atom stereocenters. The van der Waals surface area contributed by atoms with Crippen molar-refractivity contribution in [2.75, 3.05) is 6.54 Å². The summed E-state index contributed by atoms with van der Waals surface area (Å²) in [7, 11) is 0. The summed E-state index contributed by atoms with van der Waals surface area (Å²) in [4.78, 5) is 13.6. The minimum absolute atomic E-state index is 0.0950. The highest BCUT2D eigenvalue weighted by Crippen LogP contribution is 2.45. The molecule has 4 rings (SSSR count). The van der Waals surface area contributed by atoms with E-state index in [4.69, 9.17) is 0 Å². The summed E-state index contributed by atoms with van der Waals surface area (Å²) < 4.78 is 1.19. The van der Waals surface area contributed by atoms with E-state index in [-0.39, 0.29) is 5.91 Å². The first kappa shape index (κ1) is 14.3. The molecular weight excluding hydrogens is 314 g/mol. The number of fused-ring (bicyclic) bond motifs is 1. The maximum absolute atomic E-state index is 12.4. The zero-order valence-electron chi connectivity index (χ0n) is 12.4. The van der Waals surface area contributed by atoms with Gasteiger partial charge in [0.25, 0.3) is 5.91 Å². The molecule has 0 saturated heterocycles. The Kier molecular flexibility index (Phi) is 3.96. The lowest BCUT2D eigenvalue weighted by atomic mass is 10.0. The van der Waals surface area contributed by atoms with Gasteiger partial charge in [0, 0.05) is 18.0 Å². The molecule has 0 atom stereocenters. The lowest BCUT2D eigenvalue weighted by Crippen LogP contribution is -2.31. The molecular formula is C16H19N3OS2. The quantitative estimate of drug-likeness (QED) is 0.897. The molecule has 2 aromatic heterocycles. The van der Waals surface area contributed by atoms with Gasteiger partial charge < -0.3 is 5.32 Å². The van der Waals surface area contributed by atoms with E-state index in [2.05, 4.69) is 15.5 Å². The molecule has 1 amide bonds. The fourth-order valence-electron chi connectivity index (χ4n) is 3.31. The number of H-pyrrole nitrogens is 1. The number of rotatable bonds is 3. The predicted molar refractivity (Wildman–Crippen MR) is 90.7 cm³/mol. The van der Waals surface area contributed by atoms with Gasteiger partial charge in [-0.3, -0.25) is 9.89 Å². The Morgan fingerprint density at radius 2 is 2.14 bits per heavy atom. The Morgan fingerprint density at radius 1 is 1.27 bits per heavy atom. The third-order valence-electron chi connectivity index (χ3n) is 4.42. The largest absolute Gasteiger partial charge is 0.352 e. The van der Waals surface area contributed by atoms with Crippen molar-refractivity contribution in [2.45, 2.75) is 48.0 Å². The van der Waals surface area contributed by atoms with Gasteiger partial charge in [0.05, 0.1) is 14.6 Å². The van der Waals surface area contributed by atoms with E-state index in [1.54, 1.807) is 11.3 Å². The topological polar surface area (TPSA) is 57.8 Å². The summed E-state index contributed by atoms with van der Waals surface area (Å²) in [5.41, 5.74) is 3.08. The maximum Gasteiger partial charge on any atom is 0.253 e. The lowest BCUT2D eigenvalue weighted by Gasteiger charge is -2.21. The first-order chi connectivity index (χ1) is 10.8. The van der Waals surface area contributed by atoms with E-state index in [1.807, 2.05) is 24.0 Å². The third kappa shape index (κ3) is 2.58. The summed E-state index contributed by atoms with van der Waals surface area (Å²) in [6.07, 6.45) is 9.31. The highest BCUT2D eigenvalue weighted by molar-refractivity contribution is 8.01. The second-order valence-corrected chi connectivity index (χ2v) is 8.51. The minimum atomic E-state index is 0.0950. The van der Waals surface area contributed by atoms with Crippen LogP contribution in [0.2, 0.25) is 0 Å². The molecule has 2 aromatic rings. The second kappa shape index (κ2) is 6.08. The van der Waals surface area contributed by atoms with Gasteiger partial charge in [0.1, 0.15) is 5.69 Å². The monoisotopic (exact) mass is 333 g/mol. The molecule has 0 radical (unpaired) electrons. The average Bonchev–Trinajstić information content (AvgIpc) is 3.17. The van der Waals surface area contributed by atoms with Crippen LogP contribution < -0.4 is 5.32 Å². The molecule has 22 heavy (non-hydrogen) atoms. The molecule has 4 nitrogen and oxygen atoms in total. The number of nitrogens with zero attached hydrogens (tertiary/aromatic N) is 1.